The lowest BCUT2D eigenvalue weighted by atomic mass is 9.92. The molecule has 2 amide bonds. The molecule has 8 heteroatoms. The first kappa shape index (κ1) is 16.8. The number of rotatable bonds is 4. The van der Waals surface area contributed by atoms with E-state index in [0.29, 0.717) is 34.3 Å². The summed E-state index contributed by atoms with van der Waals surface area (Å²) in [6.45, 7) is -0.0986. The lowest BCUT2D eigenvalue weighted by molar-refractivity contribution is -0.138. The number of halogens is 1. The largest absolute Gasteiger partial charge is 0.482 e. The number of anilines is 1. The van der Waals surface area contributed by atoms with Crippen LogP contribution in [0.3, 0.4) is 0 Å². The highest BCUT2D eigenvalue weighted by Gasteiger charge is 2.38. The maximum atomic E-state index is 12.7. The molecule has 0 unspecified atom stereocenters. The van der Waals surface area contributed by atoms with Gasteiger partial charge >= 0.3 is 5.97 Å². The summed E-state index contributed by atoms with van der Waals surface area (Å²) in [6, 6.07) is 3.16. The van der Waals surface area contributed by atoms with Crippen molar-refractivity contribution in [3.05, 3.63) is 22.2 Å². The fourth-order valence-corrected chi connectivity index (χ4v) is 3.79. The standard InChI is InChI=1S/C16H17BrN2O5/c17-10-6-11-12(24-8-13(20)18-11)5-9(10)15(23)19-16(7-14(21)22)3-1-2-4-16/h5-6H,1-4,7-8H2,(H,18,20)(H,19,23)(H,21,22). The molecule has 1 aliphatic heterocycles. The Morgan fingerprint density at radius 1 is 1.33 bits per heavy atom. The van der Waals surface area contributed by atoms with Crippen LogP contribution in [0.5, 0.6) is 5.75 Å². The number of benzene rings is 1. The molecular weight excluding hydrogens is 380 g/mol. The smallest absolute Gasteiger partial charge is 0.305 e. The second-order valence-electron chi connectivity index (χ2n) is 6.18. The van der Waals surface area contributed by atoms with Crippen molar-refractivity contribution in [3.63, 3.8) is 0 Å². The number of hydrogen-bond acceptors (Lipinski definition) is 4. The molecule has 0 spiro atoms. The fraction of sp³-hybridized carbons (Fsp3) is 0.438. The Labute approximate surface area is 146 Å². The minimum atomic E-state index is -0.923. The minimum Gasteiger partial charge on any atom is -0.482 e. The predicted octanol–water partition coefficient (Wildman–Crippen LogP) is 2.30. The molecule has 0 saturated heterocycles. The van der Waals surface area contributed by atoms with Crippen LogP contribution in [0.25, 0.3) is 0 Å². The van der Waals surface area contributed by atoms with Gasteiger partial charge in [-0.1, -0.05) is 12.8 Å². The van der Waals surface area contributed by atoms with Gasteiger partial charge in [-0.15, -0.1) is 0 Å². The summed E-state index contributed by atoms with van der Waals surface area (Å²) in [6.07, 6.45) is 3.01. The van der Waals surface area contributed by atoms with Crippen LogP contribution in [-0.4, -0.2) is 35.0 Å². The van der Waals surface area contributed by atoms with Gasteiger partial charge in [-0.25, -0.2) is 0 Å². The highest BCUT2D eigenvalue weighted by Crippen LogP contribution is 2.36. The molecule has 0 aromatic heterocycles. The van der Waals surface area contributed by atoms with Crippen molar-refractivity contribution >= 4 is 39.4 Å². The summed E-state index contributed by atoms with van der Waals surface area (Å²) in [4.78, 5) is 35.2. The first-order valence-corrected chi connectivity index (χ1v) is 8.48. The van der Waals surface area contributed by atoms with Crippen LogP contribution in [0.4, 0.5) is 5.69 Å². The zero-order valence-corrected chi connectivity index (χ0v) is 14.4. The zero-order chi connectivity index (χ0) is 17.3. The minimum absolute atomic E-state index is 0.0894. The van der Waals surface area contributed by atoms with E-state index in [1.165, 1.54) is 0 Å². The molecule has 1 fully saturated rings. The number of carboxylic acid groups (broad SMARTS) is 1. The Bertz CT molecular complexity index is 713. The normalized spacial score (nSPS) is 18.3. The average molecular weight is 397 g/mol. The van der Waals surface area contributed by atoms with Gasteiger partial charge < -0.3 is 20.5 Å². The van der Waals surface area contributed by atoms with Crippen molar-refractivity contribution in [1.82, 2.24) is 5.32 Å². The molecule has 7 nitrogen and oxygen atoms in total. The molecule has 2 aliphatic rings. The average Bonchev–Trinajstić information content (AvgIpc) is 2.93. The van der Waals surface area contributed by atoms with Crippen LogP contribution < -0.4 is 15.4 Å². The molecule has 0 atom stereocenters. The third-order valence-corrected chi connectivity index (χ3v) is 5.03. The second kappa shape index (κ2) is 6.43. The van der Waals surface area contributed by atoms with Crippen LogP contribution in [0, 0.1) is 0 Å². The van der Waals surface area contributed by atoms with Gasteiger partial charge in [0.1, 0.15) is 5.75 Å². The van der Waals surface area contributed by atoms with Gasteiger partial charge in [0.25, 0.3) is 11.8 Å². The van der Waals surface area contributed by atoms with Gasteiger partial charge in [0.2, 0.25) is 0 Å². The number of ether oxygens (including phenoxy) is 1. The van der Waals surface area contributed by atoms with Crippen molar-refractivity contribution in [1.29, 1.82) is 0 Å². The molecule has 0 bridgehead atoms. The number of carbonyl (C=O) groups is 3. The summed E-state index contributed by atoms with van der Waals surface area (Å²) >= 11 is 3.33. The topological polar surface area (TPSA) is 105 Å². The first-order valence-electron chi connectivity index (χ1n) is 7.69. The molecule has 1 heterocycles. The van der Waals surface area contributed by atoms with E-state index in [1.54, 1.807) is 12.1 Å². The highest BCUT2D eigenvalue weighted by atomic mass is 79.9. The van der Waals surface area contributed by atoms with Gasteiger partial charge in [-0.2, -0.15) is 0 Å². The molecule has 1 aromatic carbocycles. The van der Waals surface area contributed by atoms with Crippen LogP contribution >= 0.6 is 15.9 Å². The maximum absolute atomic E-state index is 12.7. The zero-order valence-electron chi connectivity index (χ0n) is 12.9. The number of amides is 2. The lowest BCUT2D eigenvalue weighted by Gasteiger charge is -2.29. The summed E-state index contributed by atoms with van der Waals surface area (Å²) < 4.78 is 5.84. The molecule has 0 radical (unpaired) electrons. The summed E-state index contributed by atoms with van der Waals surface area (Å²) in [5.41, 5.74) is 0.144. The number of aliphatic carboxylic acids is 1. The SMILES string of the molecule is O=C(O)CC1(NC(=O)c2cc3c(cc2Br)NC(=O)CO3)CCCC1. The van der Waals surface area contributed by atoms with E-state index in [4.69, 9.17) is 9.84 Å². The van der Waals surface area contributed by atoms with Crippen LogP contribution in [0.2, 0.25) is 0 Å². The van der Waals surface area contributed by atoms with Crippen molar-refractivity contribution in [2.45, 2.75) is 37.6 Å². The van der Waals surface area contributed by atoms with E-state index in [2.05, 4.69) is 26.6 Å². The number of carbonyl (C=O) groups excluding carboxylic acids is 2. The van der Waals surface area contributed by atoms with E-state index < -0.39 is 11.5 Å². The number of hydrogen-bond donors (Lipinski definition) is 3. The third-order valence-electron chi connectivity index (χ3n) is 4.38. The predicted molar refractivity (Wildman–Crippen MR) is 89.2 cm³/mol. The number of nitrogens with one attached hydrogen (secondary N) is 2. The van der Waals surface area contributed by atoms with Gasteiger partial charge in [-0.05, 0) is 40.9 Å². The molecule has 24 heavy (non-hydrogen) atoms. The molecular formula is C16H17BrN2O5. The summed E-state index contributed by atoms with van der Waals surface area (Å²) in [5.74, 6) is -1.11. The quantitative estimate of drug-likeness (QED) is 0.723. The number of carboxylic acids is 1. The van der Waals surface area contributed by atoms with Crippen molar-refractivity contribution in [3.8, 4) is 5.75 Å². The van der Waals surface area contributed by atoms with E-state index >= 15 is 0 Å². The van der Waals surface area contributed by atoms with Crippen LogP contribution in [-0.2, 0) is 9.59 Å². The molecule has 3 rings (SSSR count). The molecule has 1 aromatic rings. The Hall–Kier alpha value is -2.09. The Morgan fingerprint density at radius 3 is 2.71 bits per heavy atom. The van der Waals surface area contributed by atoms with E-state index in [9.17, 15) is 14.4 Å². The lowest BCUT2D eigenvalue weighted by Crippen LogP contribution is -2.47. The molecule has 128 valence electrons. The van der Waals surface area contributed by atoms with Gasteiger partial charge in [0, 0.05) is 4.47 Å². The number of fused-ring (bicyclic) bond motifs is 1. The monoisotopic (exact) mass is 396 g/mol. The molecule has 3 N–H and O–H groups in total. The fourth-order valence-electron chi connectivity index (χ4n) is 3.27. The van der Waals surface area contributed by atoms with Crippen LogP contribution in [0.15, 0.2) is 16.6 Å². The first-order chi connectivity index (χ1) is 11.4. The van der Waals surface area contributed by atoms with Crippen LogP contribution in [0.1, 0.15) is 42.5 Å². The molecule has 1 aliphatic carbocycles. The maximum Gasteiger partial charge on any atom is 0.305 e. The van der Waals surface area contributed by atoms with E-state index in [-0.39, 0.29) is 24.8 Å². The second-order valence-corrected chi connectivity index (χ2v) is 7.03. The van der Waals surface area contributed by atoms with E-state index in [1.807, 2.05) is 0 Å². The third kappa shape index (κ3) is 3.38. The summed E-state index contributed by atoms with van der Waals surface area (Å²) in [5, 5.41) is 14.7. The van der Waals surface area contributed by atoms with Gasteiger partial charge in [0.05, 0.1) is 23.2 Å². The van der Waals surface area contributed by atoms with Gasteiger partial charge in [-0.3, -0.25) is 14.4 Å². The Balaban J connectivity index is 1.84. The van der Waals surface area contributed by atoms with E-state index in [0.717, 1.165) is 12.8 Å². The van der Waals surface area contributed by atoms with Gasteiger partial charge in [0.15, 0.2) is 6.61 Å². The van der Waals surface area contributed by atoms with Crippen molar-refractivity contribution in [2.75, 3.05) is 11.9 Å². The van der Waals surface area contributed by atoms with Crippen molar-refractivity contribution < 1.29 is 24.2 Å². The Kier molecular flexibility index (Phi) is 4.49. The highest BCUT2D eigenvalue weighted by molar-refractivity contribution is 9.10. The van der Waals surface area contributed by atoms with Crippen molar-refractivity contribution in [2.24, 2.45) is 0 Å². The summed E-state index contributed by atoms with van der Waals surface area (Å²) in [7, 11) is 0. The Morgan fingerprint density at radius 2 is 2.04 bits per heavy atom. The molecule has 1 saturated carbocycles.